The second-order valence-corrected chi connectivity index (χ2v) is 6.65. The minimum atomic E-state index is -0.953. The monoisotopic (exact) mass is 321 g/mol. The largest absolute Gasteiger partial charge is 0.480 e. The van der Waals surface area contributed by atoms with E-state index in [-0.39, 0.29) is 17.7 Å². The minimum Gasteiger partial charge on any atom is -0.480 e. The molecule has 2 N–H and O–H groups in total. The van der Waals surface area contributed by atoms with Crippen LogP contribution >= 0.6 is 0 Å². The summed E-state index contributed by atoms with van der Waals surface area (Å²) in [5.74, 6) is -0.558. The quantitative estimate of drug-likeness (QED) is 0.632. The van der Waals surface area contributed by atoms with Crippen LogP contribution in [0.2, 0.25) is 0 Å². The van der Waals surface area contributed by atoms with Crippen LogP contribution in [0.25, 0.3) is 0 Å². The Bertz CT molecular complexity index is 456. The van der Waals surface area contributed by atoms with Crippen LogP contribution in [-0.2, 0) is 9.59 Å². The van der Waals surface area contributed by atoms with E-state index in [4.69, 9.17) is 0 Å². The van der Waals surface area contributed by atoms with Crippen LogP contribution in [0.15, 0.2) is 24.3 Å². The number of carboxylic acid groups (broad SMARTS) is 1. The van der Waals surface area contributed by atoms with E-state index in [1.54, 1.807) is 0 Å². The van der Waals surface area contributed by atoms with Crippen molar-refractivity contribution in [3.05, 3.63) is 24.3 Å². The van der Waals surface area contributed by atoms with Crippen LogP contribution in [0.4, 0.5) is 0 Å². The molecule has 130 valence electrons. The highest BCUT2D eigenvalue weighted by Gasteiger charge is 2.32. The Morgan fingerprint density at radius 3 is 2.65 bits per heavy atom. The summed E-state index contributed by atoms with van der Waals surface area (Å²) in [5.41, 5.74) is 1.22. The highest BCUT2D eigenvalue weighted by molar-refractivity contribution is 5.83. The van der Waals surface area contributed by atoms with E-state index in [0.717, 1.165) is 32.1 Å². The van der Waals surface area contributed by atoms with Crippen molar-refractivity contribution in [2.45, 2.75) is 65.3 Å². The fourth-order valence-corrected chi connectivity index (χ4v) is 3.26. The number of carboxylic acids is 1. The fourth-order valence-electron chi connectivity index (χ4n) is 3.26. The fraction of sp³-hybridized carbons (Fsp3) is 0.684. The molecule has 1 amide bonds. The maximum Gasteiger partial charge on any atom is 0.326 e. The van der Waals surface area contributed by atoms with Crippen molar-refractivity contribution in [2.75, 3.05) is 0 Å². The number of carbonyl (C=O) groups is 2. The normalized spacial score (nSPS) is 23.9. The second kappa shape index (κ2) is 9.53. The van der Waals surface area contributed by atoms with Gasteiger partial charge in [0.1, 0.15) is 6.04 Å². The van der Waals surface area contributed by atoms with Gasteiger partial charge in [0, 0.05) is 6.42 Å². The van der Waals surface area contributed by atoms with Gasteiger partial charge in [0.2, 0.25) is 5.91 Å². The van der Waals surface area contributed by atoms with Gasteiger partial charge in [-0.3, -0.25) is 4.79 Å². The molecule has 0 radical (unpaired) electrons. The Labute approximate surface area is 140 Å². The van der Waals surface area contributed by atoms with Crippen molar-refractivity contribution >= 4 is 11.9 Å². The molecular weight excluding hydrogens is 290 g/mol. The molecule has 4 atom stereocenters. The van der Waals surface area contributed by atoms with E-state index in [1.807, 2.05) is 13.8 Å². The molecule has 0 heterocycles. The van der Waals surface area contributed by atoms with Crippen molar-refractivity contribution in [1.82, 2.24) is 5.32 Å². The third kappa shape index (κ3) is 5.85. The predicted octanol–water partition coefficient (Wildman–Crippen LogP) is 3.93. The number of carbonyl (C=O) groups excluding carboxylic acids is 1. The first-order valence-electron chi connectivity index (χ1n) is 8.75. The van der Waals surface area contributed by atoms with Crippen molar-refractivity contribution in [2.24, 2.45) is 17.8 Å². The summed E-state index contributed by atoms with van der Waals surface area (Å²) in [6.45, 7) is 10.0. The molecule has 4 heteroatoms. The van der Waals surface area contributed by atoms with Crippen LogP contribution in [-0.4, -0.2) is 23.0 Å². The number of allylic oxidation sites excluding steroid dienone is 3. The van der Waals surface area contributed by atoms with Gasteiger partial charge in [0.25, 0.3) is 0 Å². The van der Waals surface area contributed by atoms with Crippen molar-refractivity contribution in [1.29, 1.82) is 0 Å². The summed E-state index contributed by atoms with van der Waals surface area (Å²) >= 11 is 0. The smallest absolute Gasteiger partial charge is 0.326 e. The molecule has 0 aromatic heterocycles. The zero-order valence-electron chi connectivity index (χ0n) is 14.7. The van der Waals surface area contributed by atoms with Crippen molar-refractivity contribution in [3.63, 3.8) is 0 Å². The highest BCUT2D eigenvalue weighted by Crippen LogP contribution is 2.40. The van der Waals surface area contributed by atoms with Crippen molar-refractivity contribution < 1.29 is 14.7 Å². The van der Waals surface area contributed by atoms with Crippen LogP contribution in [0.1, 0.15) is 59.3 Å². The van der Waals surface area contributed by atoms with Crippen LogP contribution in [0, 0.1) is 17.8 Å². The predicted molar refractivity (Wildman–Crippen MR) is 93.0 cm³/mol. The van der Waals surface area contributed by atoms with E-state index in [2.05, 4.69) is 31.0 Å². The maximum absolute atomic E-state index is 12.3. The molecular formula is C19H31NO3. The van der Waals surface area contributed by atoms with Gasteiger partial charge in [-0.2, -0.15) is 0 Å². The van der Waals surface area contributed by atoms with Crippen LogP contribution in [0.3, 0.4) is 0 Å². The Kier molecular flexibility index (Phi) is 8.07. The second-order valence-electron chi connectivity index (χ2n) is 6.65. The van der Waals surface area contributed by atoms with Gasteiger partial charge in [0.05, 0.1) is 0 Å². The Hall–Kier alpha value is -1.58. The first-order valence-corrected chi connectivity index (χ1v) is 8.75. The zero-order chi connectivity index (χ0) is 17.4. The first-order chi connectivity index (χ1) is 10.9. The van der Waals surface area contributed by atoms with E-state index >= 15 is 0 Å². The third-order valence-corrected chi connectivity index (χ3v) is 4.97. The lowest BCUT2D eigenvalue weighted by molar-refractivity contribution is -0.143. The molecule has 4 nitrogen and oxygen atoms in total. The molecule has 1 aliphatic carbocycles. The lowest BCUT2D eigenvalue weighted by Gasteiger charge is -2.23. The number of rotatable bonds is 9. The molecule has 0 aliphatic heterocycles. The Balaban J connectivity index is 2.62. The van der Waals surface area contributed by atoms with Crippen LogP contribution < -0.4 is 5.32 Å². The topological polar surface area (TPSA) is 66.4 Å². The summed E-state index contributed by atoms with van der Waals surface area (Å²) in [6.07, 6.45) is 9.31. The third-order valence-electron chi connectivity index (χ3n) is 4.97. The number of nitrogens with one attached hydrogen (secondary N) is 1. The first kappa shape index (κ1) is 19.5. The molecule has 4 unspecified atom stereocenters. The van der Waals surface area contributed by atoms with Gasteiger partial charge in [-0.05, 0) is 43.4 Å². The number of hydrogen-bond acceptors (Lipinski definition) is 2. The molecule has 0 saturated heterocycles. The molecule has 1 fully saturated rings. The average Bonchev–Trinajstić information content (AvgIpc) is 2.84. The van der Waals surface area contributed by atoms with Gasteiger partial charge < -0.3 is 10.4 Å². The van der Waals surface area contributed by atoms with Gasteiger partial charge in [-0.25, -0.2) is 4.79 Å². The summed E-state index contributed by atoms with van der Waals surface area (Å²) in [6, 6.07) is -0.796. The standard InChI is InChI=1S/C19H31NO3/c1-5-7-8-9-16-14(4)10-11-15(16)12-17(21)20-18(19(22)23)13(3)6-2/h7-8,13,15-16,18H,4-6,9-12H2,1-3H3,(H,20,21)(H,22,23)/b8-7-. The lowest BCUT2D eigenvalue weighted by Crippen LogP contribution is -2.45. The molecule has 1 rings (SSSR count). The maximum atomic E-state index is 12.3. The summed E-state index contributed by atoms with van der Waals surface area (Å²) in [4.78, 5) is 23.6. The summed E-state index contributed by atoms with van der Waals surface area (Å²) in [7, 11) is 0. The number of hydrogen-bond donors (Lipinski definition) is 2. The SMILES string of the molecule is C=C1CCC(CC(=O)NC(C(=O)O)C(C)CC)C1C/C=C\CC. The zero-order valence-corrected chi connectivity index (χ0v) is 14.7. The average molecular weight is 321 g/mol. The number of amides is 1. The minimum absolute atomic E-state index is 0.0710. The molecule has 23 heavy (non-hydrogen) atoms. The number of aliphatic carboxylic acids is 1. The highest BCUT2D eigenvalue weighted by atomic mass is 16.4. The van der Waals surface area contributed by atoms with E-state index in [9.17, 15) is 14.7 Å². The van der Waals surface area contributed by atoms with E-state index < -0.39 is 12.0 Å². The van der Waals surface area contributed by atoms with E-state index in [0.29, 0.717) is 12.3 Å². The molecule has 0 bridgehead atoms. The van der Waals surface area contributed by atoms with Crippen molar-refractivity contribution in [3.8, 4) is 0 Å². The Morgan fingerprint density at radius 1 is 1.39 bits per heavy atom. The summed E-state index contributed by atoms with van der Waals surface area (Å²) in [5, 5.41) is 12.0. The van der Waals surface area contributed by atoms with Gasteiger partial charge in [-0.1, -0.05) is 51.5 Å². The molecule has 0 aromatic rings. The molecule has 0 spiro atoms. The molecule has 1 saturated carbocycles. The lowest BCUT2D eigenvalue weighted by atomic mass is 9.87. The Morgan fingerprint density at radius 2 is 2.09 bits per heavy atom. The molecule has 0 aromatic carbocycles. The van der Waals surface area contributed by atoms with E-state index in [1.165, 1.54) is 5.57 Å². The van der Waals surface area contributed by atoms with Gasteiger partial charge >= 0.3 is 5.97 Å². The van der Waals surface area contributed by atoms with Gasteiger partial charge in [0.15, 0.2) is 0 Å². The molecule has 1 aliphatic rings. The van der Waals surface area contributed by atoms with Crippen LogP contribution in [0.5, 0.6) is 0 Å². The van der Waals surface area contributed by atoms with Gasteiger partial charge in [-0.15, -0.1) is 0 Å². The summed E-state index contributed by atoms with van der Waals surface area (Å²) < 4.78 is 0.